The third-order valence-corrected chi connectivity index (χ3v) is 3.75. The monoisotopic (exact) mass is 334 g/mol. The van der Waals surface area contributed by atoms with E-state index in [1.54, 1.807) is 0 Å². The normalized spacial score (nSPS) is 10.4. The summed E-state index contributed by atoms with van der Waals surface area (Å²) in [6.45, 7) is 0.285. The van der Waals surface area contributed by atoms with Gasteiger partial charge in [0.2, 0.25) is 0 Å². The molecule has 0 amide bonds. The van der Waals surface area contributed by atoms with Crippen molar-refractivity contribution in [2.24, 2.45) is 0 Å². The number of rotatable bonds is 6. The Morgan fingerprint density at radius 1 is 0.640 bits per heavy atom. The summed E-state index contributed by atoms with van der Waals surface area (Å²) in [5, 5.41) is 2.21. The summed E-state index contributed by atoms with van der Waals surface area (Å²) in [6.07, 6.45) is -0.388. The lowest BCUT2D eigenvalue weighted by Gasteiger charge is -2.07. The van der Waals surface area contributed by atoms with Crippen LogP contribution in [0, 0.1) is 0 Å². The minimum atomic E-state index is -0.591. The highest BCUT2D eigenvalue weighted by Crippen LogP contribution is 2.16. The van der Waals surface area contributed by atoms with E-state index in [2.05, 4.69) is 0 Å². The number of carbonyl (C=O) groups excluding carboxylic acids is 2. The van der Waals surface area contributed by atoms with Crippen LogP contribution in [0.5, 0.6) is 0 Å². The second kappa shape index (κ2) is 8.11. The molecule has 126 valence electrons. The van der Waals surface area contributed by atoms with Gasteiger partial charge in [0.25, 0.3) is 0 Å². The molecule has 0 radical (unpaired) electrons. The molecule has 4 nitrogen and oxygen atoms in total. The molecule has 0 aromatic heterocycles. The number of esters is 2. The fourth-order valence-corrected chi connectivity index (χ4v) is 2.45. The quantitative estimate of drug-likeness (QED) is 0.505. The van der Waals surface area contributed by atoms with Gasteiger partial charge in [-0.2, -0.15) is 0 Å². The maximum atomic E-state index is 11.8. The van der Waals surface area contributed by atoms with Crippen LogP contribution in [-0.2, 0) is 32.3 Å². The lowest BCUT2D eigenvalue weighted by Crippen LogP contribution is -2.13. The van der Waals surface area contributed by atoms with Crippen molar-refractivity contribution in [3.8, 4) is 0 Å². The van der Waals surface area contributed by atoms with E-state index in [-0.39, 0.29) is 19.6 Å². The van der Waals surface area contributed by atoms with Crippen molar-refractivity contribution in [2.75, 3.05) is 0 Å². The van der Waals surface area contributed by atoms with Gasteiger partial charge < -0.3 is 9.47 Å². The molecular weight excluding hydrogens is 316 g/mol. The van der Waals surface area contributed by atoms with Gasteiger partial charge in [-0.05, 0) is 28.0 Å². The second-order valence-corrected chi connectivity index (χ2v) is 5.67. The van der Waals surface area contributed by atoms with Crippen LogP contribution in [-0.4, -0.2) is 11.9 Å². The minimum absolute atomic E-state index is 0.135. The van der Waals surface area contributed by atoms with Crippen LogP contribution < -0.4 is 0 Å². The standard InChI is InChI=1S/C21H18O4/c22-20(24-14-16-6-2-1-3-7-16)13-21(23)25-15-17-10-11-18-8-4-5-9-19(18)12-17/h1-12H,13-15H2. The molecule has 0 aliphatic rings. The third-order valence-electron chi connectivity index (χ3n) is 3.75. The second-order valence-electron chi connectivity index (χ2n) is 5.67. The fourth-order valence-electron chi connectivity index (χ4n) is 2.45. The van der Waals surface area contributed by atoms with Crippen molar-refractivity contribution >= 4 is 22.7 Å². The van der Waals surface area contributed by atoms with Gasteiger partial charge >= 0.3 is 11.9 Å². The molecule has 0 N–H and O–H groups in total. The molecule has 0 aliphatic heterocycles. The first-order valence-electron chi connectivity index (χ1n) is 8.03. The van der Waals surface area contributed by atoms with Gasteiger partial charge in [0.15, 0.2) is 0 Å². The Bertz CT molecular complexity index is 871. The van der Waals surface area contributed by atoms with Crippen molar-refractivity contribution in [2.45, 2.75) is 19.6 Å². The molecule has 0 saturated heterocycles. The number of benzene rings is 3. The molecule has 0 aliphatic carbocycles. The molecule has 0 bridgehead atoms. The zero-order valence-corrected chi connectivity index (χ0v) is 13.7. The van der Waals surface area contributed by atoms with E-state index in [0.29, 0.717) is 0 Å². The predicted octanol–water partition coefficient (Wildman–Crippen LogP) is 4.02. The molecule has 4 heteroatoms. The highest BCUT2D eigenvalue weighted by atomic mass is 16.6. The number of hydrogen-bond acceptors (Lipinski definition) is 4. The van der Waals surface area contributed by atoms with Crippen molar-refractivity contribution in [1.82, 2.24) is 0 Å². The zero-order valence-electron chi connectivity index (χ0n) is 13.7. The van der Waals surface area contributed by atoms with Crippen LogP contribution in [0.15, 0.2) is 72.8 Å². The van der Waals surface area contributed by atoms with Crippen molar-refractivity contribution < 1.29 is 19.1 Å². The Hall–Kier alpha value is -3.14. The summed E-state index contributed by atoms with van der Waals surface area (Å²) in [7, 11) is 0. The van der Waals surface area contributed by atoms with Gasteiger partial charge in [-0.3, -0.25) is 9.59 Å². The Labute approximate surface area is 146 Å². The van der Waals surface area contributed by atoms with E-state index in [0.717, 1.165) is 21.9 Å². The summed E-state index contributed by atoms with van der Waals surface area (Å²) in [5.41, 5.74) is 1.75. The first-order chi connectivity index (χ1) is 12.2. The summed E-state index contributed by atoms with van der Waals surface area (Å²) >= 11 is 0. The first kappa shape index (κ1) is 16.7. The minimum Gasteiger partial charge on any atom is -0.460 e. The van der Waals surface area contributed by atoms with Gasteiger partial charge in [-0.25, -0.2) is 0 Å². The maximum absolute atomic E-state index is 11.8. The van der Waals surface area contributed by atoms with Crippen LogP contribution in [0.3, 0.4) is 0 Å². The summed E-state index contributed by atoms with van der Waals surface area (Å²) < 4.78 is 10.2. The molecule has 0 spiro atoms. The molecule has 3 aromatic rings. The van der Waals surface area contributed by atoms with E-state index in [1.165, 1.54) is 0 Å². The molecule has 0 unspecified atom stereocenters. The van der Waals surface area contributed by atoms with E-state index < -0.39 is 11.9 Å². The highest BCUT2D eigenvalue weighted by molar-refractivity contribution is 5.91. The van der Waals surface area contributed by atoms with Crippen LogP contribution in [0.1, 0.15) is 17.5 Å². The zero-order chi connectivity index (χ0) is 17.5. The van der Waals surface area contributed by atoms with Crippen molar-refractivity contribution in [3.63, 3.8) is 0 Å². The Morgan fingerprint density at radius 2 is 1.24 bits per heavy atom. The number of fused-ring (bicyclic) bond motifs is 1. The van der Waals surface area contributed by atoms with E-state index in [9.17, 15) is 9.59 Å². The molecule has 0 atom stereocenters. The fraction of sp³-hybridized carbons (Fsp3) is 0.143. The van der Waals surface area contributed by atoms with E-state index in [4.69, 9.17) is 9.47 Å². The summed E-state index contributed by atoms with van der Waals surface area (Å²) in [4.78, 5) is 23.5. The molecular formula is C21H18O4. The largest absolute Gasteiger partial charge is 0.460 e. The average molecular weight is 334 g/mol. The molecule has 3 aromatic carbocycles. The third kappa shape index (κ3) is 4.91. The molecule has 3 rings (SSSR count). The summed E-state index contributed by atoms with van der Waals surface area (Å²) in [6, 6.07) is 23.1. The van der Waals surface area contributed by atoms with Crippen molar-refractivity contribution in [1.29, 1.82) is 0 Å². The van der Waals surface area contributed by atoms with Gasteiger partial charge in [0.05, 0.1) is 0 Å². The van der Waals surface area contributed by atoms with E-state index >= 15 is 0 Å². The summed E-state index contributed by atoms with van der Waals surface area (Å²) in [5.74, 6) is -1.18. The van der Waals surface area contributed by atoms with Gasteiger partial charge in [0, 0.05) is 0 Å². The van der Waals surface area contributed by atoms with Gasteiger partial charge in [0.1, 0.15) is 19.6 Å². The molecule has 0 fully saturated rings. The Balaban J connectivity index is 1.46. The maximum Gasteiger partial charge on any atom is 0.317 e. The van der Waals surface area contributed by atoms with Crippen molar-refractivity contribution in [3.05, 3.63) is 83.9 Å². The lowest BCUT2D eigenvalue weighted by molar-refractivity contribution is -0.156. The first-order valence-corrected chi connectivity index (χ1v) is 8.03. The van der Waals surface area contributed by atoms with Gasteiger partial charge in [-0.15, -0.1) is 0 Å². The van der Waals surface area contributed by atoms with Crippen LogP contribution >= 0.6 is 0 Å². The smallest absolute Gasteiger partial charge is 0.317 e. The molecule has 25 heavy (non-hydrogen) atoms. The molecule has 0 heterocycles. The topological polar surface area (TPSA) is 52.6 Å². The number of ether oxygens (including phenoxy) is 2. The van der Waals surface area contributed by atoms with Crippen LogP contribution in [0.25, 0.3) is 10.8 Å². The predicted molar refractivity (Wildman–Crippen MR) is 94.6 cm³/mol. The number of hydrogen-bond donors (Lipinski definition) is 0. The van der Waals surface area contributed by atoms with E-state index in [1.807, 2.05) is 72.8 Å². The van der Waals surface area contributed by atoms with Crippen LogP contribution in [0.2, 0.25) is 0 Å². The highest BCUT2D eigenvalue weighted by Gasteiger charge is 2.12. The van der Waals surface area contributed by atoms with Gasteiger partial charge in [-0.1, -0.05) is 66.7 Å². The molecule has 0 saturated carbocycles. The Morgan fingerprint density at radius 3 is 1.96 bits per heavy atom. The number of carbonyl (C=O) groups is 2. The SMILES string of the molecule is O=C(CC(=O)OCc1ccc2ccccc2c1)OCc1ccccc1. The average Bonchev–Trinajstić information content (AvgIpc) is 2.65. The Kier molecular flexibility index (Phi) is 5.42. The lowest BCUT2D eigenvalue weighted by atomic mass is 10.1. The van der Waals surface area contributed by atoms with Crippen LogP contribution in [0.4, 0.5) is 0 Å².